The molecule has 0 unspecified atom stereocenters. The van der Waals surface area contributed by atoms with Gasteiger partial charge in [0, 0.05) is 7.05 Å². The van der Waals surface area contributed by atoms with Crippen LogP contribution in [0.25, 0.3) is 10.9 Å². The number of fused-ring (bicyclic) bond motifs is 1. The Hall–Kier alpha value is -2.89. The van der Waals surface area contributed by atoms with Gasteiger partial charge in [0.2, 0.25) is 0 Å². The highest BCUT2D eigenvalue weighted by Crippen LogP contribution is 2.09. The van der Waals surface area contributed by atoms with Gasteiger partial charge < -0.3 is 14.3 Å². The summed E-state index contributed by atoms with van der Waals surface area (Å²) < 4.78 is 5.20. The molecule has 0 fully saturated rings. The summed E-state index contributed by atoms with van der Waals surface area (Å²) in [5, 5.41) is 0.461. The van der Waals surface area contributed by atoms with Crippen LogP contribution in [-0.2, 0) is 6.54 Å². The molecule has 0 aliphatic heterocycles. The number of hydrogen-bond acceptors (Lipinski definition) is 4. The Bertz CT molecular complexity index is 837. The molecule has 1 N–H and O–H groups in total. The molecule has 0 saturated heterocycles. The molecule has 0 radical (unpaired) electrons. The highest BCUT2D eigenvalue weighted by atomic mass is 16.3. The average Bonchev–Trinajstić information content (AvgIpc) is 2.99. The summed E-state index contributed by atoms with van der Waals surface area (Å²) in [5.74, 6) is 0.316. The van der Waals surface area contributed by atoms with Crippen molar-refractivity contribution in [2.45, 2.75) is 6.54 Å². The van der Waals surface area contributed by atoms with Crippen LogP contribution in [0.2, 0.25) is 0 Å². The molecule has 0 saturated carbocycles. The number of carbonyl (C=O) groups is 1. The lowest BCUT2D eigenvalue weighted by molar-refractivity contribution is 0.0763. The van der Waals surface area contributed by atoms with E-state index in [-0.39, 0.29) is 17.3 Å². The van der Waals surface area contributed by atoms with Crippen molar-refractivity contribution in [1.82, 2.24) is 14.9 Å². The van der Waals surface area contributed by atoms with Crippen molar-refractivity contribution in [1.29, 1.82) is 0 Å². The number of nitrogens with one attached hydrogen (secondary N) is 1. The molecule has 0 atom stereocenters. The fourth-order valence-electron chi connectivity index (χ4n) is 2.08. The normalized spacial score (nSPS) is 10.7. The number of aromatic nitrogens is 2. The molecule has 6 nitrogen and oxygen atoms in total. The van der Waals surface area contributed by atoms with E-state index in [0.717, 1.165) is 0 Å². The Balaban J connectivity index is 1.92. The first kappa shape index (κ1) is 13.1. The molecule has 106 valence electrons. The minimum atomic E-state index is -0.366. The standard InChI is InChI=1S/C15H13N3O3/c1-18(9-10-5-4-8-21-10)15(20)13-16-12-7-3-2-6-11(12)14(19)17-13/h2-8H,9H2,1H3,(H,16,17,19). The molecule has 6 heteroatoms. The monoisotopic (exact) mass is 283 g/mol. The Labute approximate surface area is 120 Å². The third-order valence-electron chi connectivity index (χ3n) is 3.14. The summed E-state index contributed by atoms with van der Waals surface area (Å²) in [6.07, 6.45) is 1.55. The summed E-state index contributed by atoms with van der Waals surface area (Å²) in [5.41, 5.74) is 0.173. The van der Waals surface area contributed by atoms with Crippen LogP contribution in [0.1, 0.15) is 16.4 Å². The minimum absolute atomic E-state index is 0.0211. The van der Waals surface area contributed by atoms with Crippen molar-refractivity contribution in [3.63, 3.8) is 0 Å². The van der Waals surface area contributed by atoms with E-state index < -0.39 is 0 Å². The van der Waals surface area contributed by atoms with Crippen LogP contribution in [0.4, 0.5) is 0 Å². The van der Waals surface area contributed by atoms with E-state index in [4.69, 9.17) is 4.42 Å². The average molecular weight is 283 g/mol. The van der Waals surface area contributed by atoms with Gasteiger partial charge in [0.15, 0.2) is 5.82 Å². The van der Waals surface area contributed by atoms with E-state index >= 15 is 0 Å². The number of furan rings is 1. The van der Waals surface area contributed by atoms with Crippen LogP contribution in [0.5, 0.6) is 0 Å². The van der Waals surface area contributed by atoms with Gasteiger partial charge in [-0.15, -0.1) is 0 Å². The lowest BCUT2D eigenvalue weighted by Gasteiger charge is -2.14. The van der Waals surface area contributed by atoms with Crippen molar-refractivity contribution in [2.24, 2.45) is 0 Å². The molecule has 0 spiro atoms. The summed E-state index contributed by atoms with van der Waals surface area (Å²) in [4.78, 5) is 32.4. The number of hydrogen-bond donors (Lipinski definition) is 1. The molecule has 3 aromatic rings. The van der Waals surface area contributed by atoms with Crippen LogP contribution in [0, 0.1) is 0 Å². The maximum absolute atomic E-state index is 12.3. The minimum Gasteiger partial charge on any atom is -0.467 e. The fourth-order valence-corrected chi connectivity index (χ4v) is 2.08. The van der Waals surface area contributed by atoms with E-state index in [1.54, 1.807) is 49.7 Å². The highest BCUT2D eigenvalue weighted by molar-refractivity contribution is 5.92. The summed E-state index contributed by atoms with van der Waals surface area (Å²) >= 11 is 0. The third kappa shape index (κ3) is 2.55. The Kier molecular flexibility index (Phi) is 3.27. The fraction of sp³-hybridized carbons (Fsp3) is 0.133. The van der Waals surface area contributed by atoms with Gasteiger partial charge in [-0.3, -0.25) is 9.59 Å². The van der Waals surface area contributed by atoms with E-state index in [1.165, 1.54) is 4.90 Å². The Morgan fingerprint density at radius 3 is 2.86 bits per heavy atom. The maximum Gasteiger partial charge on any atom is 0.289 e. The molecule has 1 amide bonds. The molecule has 0 aliphatic rings. The number of benzene rings is 1. The van der Waals surface area contributed by atoms with Crippen LogP contribution in [0.15, 0.2) is 51.9 Å². The quantitative estimate of drug-likeness (QED) is 0.794. The van der Waals surface area contributed by atoms with Gasteiger partial charge in [-0.1, -0.05) is 12.1 Å². The number of amides is 1. The second kappa shape index (κ2) is 5.24. The highest BCUT2D eigenvalue weighted by Gasteiger charge is 2.16. The van der Waals surface area contributed by atoms with Crippen LogP contribution < -0.4 is 5.56 Å². The zero-order chi connectivity index (χ0) is 14.8. The first-order valence-electron chi connectivity index (χ1n) is 6.42. The van der Waals surface area contributed by atoms with E-state index in [1.807, 2.05) is 0 Å². The SMILES string of the molecule is CN(Cc1ccco1)C(=O)c1nc2ccccc2c(=O)[nH]1. The van der Waals surface area contributed by atoms with Crippen LogP contribution >= 0.6 is 0 Å². The van der Waals surface area contributed by atoms with Crippen LogP contribution in [0.3, 0.4) is 0 Å². The zero-order valence-corrected chi connectivity index (χ0v) is 11.4. The van der Waals surface area contributed by atoms with E-state index in [9.17, 15) is 9.59 Å². The van der Waals surface area contributed by atoms with Crippen molar-refractivity contribution in [3.05, 3.63) is 64.6 Å². The van der Waals surface area contributed by atoms with Gasteiger partial charge in [-0.2, -0.15) is 0 Å². The van der Waals surface area contributed by atoms with Crippen molar-refractivity contribution in [3.8, 4) is 0 Å². The van der Waals surface area contributed by atoms with Gasteiger partial charge >= 0.3 is 0 Å². The molecule has 1 aromatic carbocycles. The number of rotatable bonds is 3. The second-order valence-electron chi connectivity index (χ2n) is 4.67. The van der Waals surface area contributed by atoms with Crippen LogP contribution in [-0.4, -0.2) is 27.8 Å². The van der Waals surface area contributed by atoms with Gasteiger partial charge in [0.05, 0.1) is 23.7 Å². The predicted octanol–water partition coefficient (Wildman–Crippen LogP) is 1.79. The summed E-state index contributed by atoms with van der Waals surface area (Å²) in [6.45, 7) is 0.308. The molecular weight excluding hydrogens is 270 g/mol. The van der Waals surface area contributed by atoms with E-state index in [2.05, 4.69) is 9.97 Å². The third-order valence-corrected chi connectivity index (χ3v) is 3.14. The summed E-state index contributed by atoms with van der Waals surface area (Å²) in [7, 11) is 1.63. The molecule has 21 heavy (non-hydrogen) atoms. The zero-order valence-electron chi connectivity index (χ0n) is 11.4. The first-order chi connectivity index (χ1) is 10.1. The Morgan fingerprint density at radius 2 is 2.10 bits per heavy atom. The molecule has 0 aliphatic carbocycles. The summed E-state index contributed by atoms with van der Waals surface area (Å²) in [6, 6.07) is 10.4. The topological polar surface area (TPSA) is 79.2 Å². The molecule has 2 aromatic heterocycles. The second-order valence-corrected chi connectivity index (χ2v) is 4.67. The molecule has 0 bridgehead atoms. The van der Waals surface area contributed by atoms with Gasteiger partial charge in [-0.05, 0) is 24.3 Å². The molecule has 2 heterocycles. The number of para-hydroxylation sites is 1. The number of H-pyrrole nitrogens is 1. The van der Waals surface area contributed by atoms with Gasteiger partial charge in [0.25, 0.3) is 11.5 Å². The largest absolute Gasteiger partial charge is 0.467 e. The Morgan fingerprint density at radius 1 is 1.29 bits per heavy atom. The number of aromatic amines is 1. The number of nitrogens with zero attached hydrogens (tertiary/aromatic N) is 2. The van der Waals surface area contributed by atoms with Crippen molar-refractivity contribution in [2.75, 3.05) is 7.05 Å². The predicted molar refractivity (Wildman–Crippen MR) is 76.9 cm³/mol. The van der Waals surface area contributed by atoms with Gasteiger partial charge in [0.1, 0.15) is 5.76 Å². The maximum atomic E-state index is 12.3. The first-order valence-corrected chi connectivity index (χ1v) is 6.42. The van der Waals surface area contributed by atoms with Crippen molar-refractivity contribution >= 4 is 16.8 Å². The van der Waals surface area contributed by atoms with Crippen molar-refractivity contribution < 1.29 is 9.21 Å². The lowest BCUT2D eigenvalue weighted by atomic mass is 10.2. The smallest absolute Gasteiger partial charge is 0.289 e. The van der Waals surface area contributed by atoms with Gasteiger partial charge in [-0.25, -0.2) is 4.98 Å². The lowest BCUT2D eigenvalue weighted by Crippen LogP contribution is -2.29. The molecule has 3 rings (SSSR count). The molecular formula is C15H13N3O3. The van der Waals surface area contributed by atoms with E-state index in [0.29, 0.717) is 23.2 Å². The number of carbonyl (C=O) groups excluding carboxylic acids is 1.